The van der Waals surface area contributed by atoms with Crippen LogP contribution in [0, 0.1) is 5.92 Å². The Morgan fingerprint density at radius 3 is 3.12 bits per heavy atom. The third kappa shape index (κ3) is 2.49. The highest BCUT2D eigenvalue weighted by molar-refractivity contribution is 5.36. The predicted molar refractivity (Wildman–Crippen MR) is 67.9 cm³/mol. The summed E-state index contributed by atoms with van der Waals surface area (Å²) in [7, 11) is 0. The van der Waals surface area contributed by atoms with Gasteiger partial charge in [0.15, 0.2) is 0 Å². The molecule has 4 N–H and O–H groups in total. The van der Waals surface area contributed by atoms with Crippen LogP contribution in [-0.2, 0) is 0 Å². The first-order chi connectivity index (χ1) is 8.16. The Labute approximate surface area is 101 Å². The highest BCUT2D eigenvalue weighted by atomic mass is 16.1. The summed E-state index contributed by atoms with van der Waals surface area (Å²) in [5.74, 6) is 1.12. The van der Waals surface area contributed by atoms with Crippen molar-refractivity contribution in [1.82, 2.24) is 9.97 Å². The first-order valence-electron chi connectivity index (χ1n) is 6.19. The standard InChI is InChI=1S/C12H20N4O/c1-9-4-2-3-5-12(9,7-13)16-10-6-11(17)15-8-14-10/h6,8-9H,2-5,7,13H2,1H3,(H2,14,15,16,17). The molecule has 0 aliphatic heterocycles. The number of nitrogens with zero attached hydrogens (tertiary/aromatic N) is 1. The molecule has 2 unspecified atom stereocenters. The Bertz CT molecular complexity index is 431. The number of rotatable bonds is 3. The topological polar surface area (TPSA) is 83.8 Å². The number of nitrogens with two attached hydrogens (primary N) is 1. The van der Waals surface area contributed by atoms with E-state index in [-0.39, 0.29) is 11.1 Å². The SMILES string of the molecule is CC1CCCCC1(CN)Nc1cc(=O)[nH]cn1. The highest BCUT2D eigenvalue weighted by Gasteiger charge is 2.37. The van der Waals surface area contributed by atoms with Crippen molar-refractivity contribution in [3.63, 3.8) is 0 Å². The van der Waals surface area contributed by atoms with Crippen LogP contribution in [0.5, 0.6) is 0 Å². The normalized spacial score (nSPS) is 28.9. The maximum absolute atomic E-state index is 11.2. The predicted octanol–water partition coefficient (Wildman–Crippen LogP) is 1.09. The van der Waals surface area contributed by atoms with Crippen LogP contribution in [0.25, 0.3) is 0 Å². The van der Waals surface area contributed by atoms with Gasteiger partial charge in [-0.1, -0.05) is 19.8 Å². The van der Waals surface area contributed by atoms with Crippen LogP contribution >= 0.6 is 0 Å². The van der Waals surface area contributed by atoms with Gasteiger partial charge in [-0.05, 0) is 18.8 Å². The fourth-order valence-electron chi connectivity index (χ4n) is 2.65. The second kappa shape index (κ2) is 4.87. The van der Waals surface area contributed by atoms with Crippen LogP contribution in [0.4, 0.5) is 5.82 Å². The first kappa shape index (κ1) is 12.1. The van der Waals surface area contributed by atoms with E-state index in [1.165, 1.54) is 31.7 Å². The summed E-state index contributed by atoms with van der Waals surface area (Å²) in [6, 6.07) is 1.48. The second-order valence-electron chi connectivity index (χ2n) is 4.93. The van der Waals surface area contributed by atoms with Crippen molar-refractivity contribution in [2.24, 2.45) is 11.7 Å². The van der Waals surface area contributed by atoms with Gasteiger partial charge in [-0.15, -0.1) is 0 Å². The van der Waals surface area contributed by atoms with Gasteiger partial charge in [-0.3, -0.25) is 4.79 Å². The van der Waals surface area contributed by atoms with E-state index < -0.39 is 0 Å². The molecule has 2 rings (SSSR count). The average molecular weight is 236 g/mol. The lowest BCUT2D eigenvalue weighted by atomic mass is 9.73. The van der Waals surface area contributed by atoms with Crippen LogP contribution in [0.3, 0.4) is 0 Å². The van der Waals surface area contributed by atoms with E-state index in [0.29, 0.717) is 18.3 Å². The Hall–Kier alpha value is -1.36. The van der Waals surface area contributed by atoms with Crippen molar-refractivity contribution in [2.75, 3.05) is 11.9 Å². The largest absolute Gasteiger partial charge is 0.363 e. The molecule has 0 radical (unpaired) electrons. The van der Waals surface area contributed by atoms with Gasteiger partial charge >= 0.3 is 0 Å². The van der Waals surface area contributed by atoms with E-state index in [4.69, 9.17) is 5.73 Å². The number of H-pyrrole nitrogens is 1. The molecule has 0 amide bonds. The van der Waals surface area contributed by atoms with E-state index in [0.717, 1.165) is 6.42 Å². The van der Waals surface area contributed by atoms with E-state index in [1.807, 2.05) is 0 Å². The molecule has 5 nitrogen and oxygen atoms in total. The van der Waals surface area contributed by atoms with Crippen LogP contribution in [0.1, 0.15) is 32.6 Å². The minimum Gasteiger partial charge on any atom is -0.363 e. The van der Waals surface area contributed by atoms with E-state index in [9.17, 15) is 4.79 Å². The molecular formula is C12H20N4O. The summed E-state index contributed by atoms with van der Waals surface area (Å²) in [6.45, 7) is 2.79. The lowest BCUT2D eigenvalue weighted by molar-refractivity contribution is 0.235. The summed E-state index contributed by atoms with van der Waals surface area (Å²) < 4.78 is 0. The van der Waals surface area contributed by atoms with Gasteiger partial charge in [0.25, 0.3) is 5.56 Å². The maximum atomic E-state index is 11.2. The molecule has 1 aromatic heterocycles. The fourth-order valence-corrected chi connectivity index (χ4v) is 2.65. The number of nitrogens with one attached hydrogen (secondary N) is 2. The molecule has 1 heterocycles. The van der Waals surface area contributed by atoms with Gasteiger partial charge in [0, 0.05) is 12.6 Å². The van der Waals surface area contributed by atoms with Gasteiger partial charge in [0.2, 0.25) is 0 Å². The van der Waals surface area contributed by atoms with E-state index in [2.05, 4.69) is 22.2 Å². The monoisotopic (exact) mass is 236 g/mol. The molecule has 17 heavy (non-hydrogen) atoms. The third-order valence-electron chi connectivity index (χ3n) is 3.87. The lowest BCUT2D eigenvalue weighted by Crippen LogP contribution is -2.52. The number of aromatic nitrogens is 2. The summed E-state index contributed by atoms with van der Waals surface area (Å²) in [4.78, 5) is 17.9. The molecule has 1 fully saturated rings. The number of hydrogen-bond acceptors (Lipinski definition) is 4. The first-order valence-corrected chi connectivity index (χ1v) is 6.19. The summed E-state index contributed by atoms with van der Waals surface area (Å²) in [5, 5.41) is 3.38. The molecule has 0 spiro atoms. The van der Waals surface area contributed by atoms with Crippen molar-refractivity contribution in [2.45, 2.75) is 38.1 Å². The fraction of sp³-hybridized carbons (Fsp3) is 0.667. The zero-order chi connectivity index (χ0) is 12.3. The molecule has 1 aliphatic rings. The highest BCUT2D eigenvalue weighted by Crippen LogP contribution is 2.35. The minimum absolute atomic E-state index is 0.112. The molecule has 0 saturated heterocycles. The molecular weight excluding hydrogens is 216 g/mol. The Morgan fingerprint density at radius 2 is 2.47 bits per heavy atom. The lowest BCUT2D eigenvalue weighted by Gasteiger charge is -2.43. The zero-order valence-electron chi connectivity index (χ0n) is 10.2. The third-order valence-corrected chi connectivity index (χ3v) is 3.87. The average Bonchev–Trinajstić information content (AvgIpc) is 2.32. The Balaban J connectivity index is 2.21. The molecule has 1 aromatic rings. The molecule has 5 heteroatoms. The quantitative estimate of drug-likeness (QED) is 0.733. The summed E-state index contributed by atoms with van der Waals surface area (Å²) in [5.41, 5.74) is 5.69. The minimum atomic E-state index is -0.141. The molecule has 1 aliphatic carbocycles. The van der Waals surface area contributed by atoms with Crippen molar-refractivity contribution in [1.29, 1.82) is 0 Å². The molecule has 2 atom stereocenters. The summed E-state index contributed by atoms with van der Waals surface area (Å²) in [6.07, 6.45) is 6.07. The van der Waals surface area contributed by atoms with Gasteiger partial charge in [0.05, 0.1) is 11.9 Å². The van der Waals surface area contributed by atoms with Crippen molar-refractivity contribution in [3.8, 4) is 0 Å². The van der Waals surface area contributed by atoms with Crippen LogP contribution < -0.4 is 16.6 Å². The van der Waals surface area contributed by atoms with Gasteiger partial charge in [-0.2, -0.15) is 0 Å². The van der Waals surface area contributed by atoms with Crippen LogP contribution in [-0.4, -0.2) is 22.1 Å². The van der Waals surface area contributed by atoms with E-state index in [1.54, 1.807) is 0 Å². The smallest absolute Gasteiger partial charge is 0.252 e. The zero-order valence-corrected chi connectivity index (χ0v) is 10.2. The van der Waals surface area contributed by atoms with Crippen molar-refractivity contribution < 1.29 is 0 Å². The van der Waals surface area contributed by atoms with Crippen molar-refractivity contribution >= 4 is 5.82 Å². The maximum Gasteiger partial charge on any atom is 0.252 e. The molecule has 1 saturated carbocycles. The Kier molecular flexibility index (Phi) is 3.47. The number of aromatic amines is 1. The van der Waals surface area contributed by atoms with E-state index >= 15 is 0 Å². The summed E-state index contributed by atoms with van der Waals surface area (Å²) >= 11 is 0. The van der Waals surface area contributed by atoms with Crippen LogP contribution in [0.2, 0.25) is 0 Å². The molecule has 0 bridgehead atoms. The second-order valence-corrected chi connectivity index (χ2v) is 4.93. The Morgan fingerprint density at radius 1 is 1.65 bits per heavy atom. The van der Waals surface area contributed by atoms with Crippen molar-refractivity contribution in [3.05, 3.63) is 22.7 Å². The molecule has 94 valence electrons. The number of anilines is 1. The molecule has 0 aromatic carbocycles. The number of hydrogen-bond donors (Lipinski definition) is 3. The van der Waals surface area contributed by atoms with Crippen LogP contribution in [0.15, 0.2) is 17.2 Å². The van der Waals surface area contributed by atoms with Gasteiger partial charge in [0.1, 0.15) is 5.82 Å². The van der Waals surface area contributed by atoms with Gasteiger partial charge < -0.3 is 16.0 Å². The van der Waals surface area contributed by atoms with Gasteiger partial charge in [-0.25, -0.2) is 4.98 Å².